The van der Waals surface area contributed by atoms with Gasteiger partial charge in [0.25, 0.3) is 0 Å². The number of rotatable bonds is 7. The first-order chi connectivity index (χ1) is 17.4. The fraction of sp³-hybridized carbons (Fsp3) is 0.500. The van der Waals surface area contributed by atoms with Gasteiger partial charge in [-0.05, 0) is 49.3 Å². The van der Waals surface area contributed by atoms with E-state index in [4.69, 9.17) is 21.1 Å². The molecule has 0 saturated heterocycles. The van der Waals surface area contributed by atoms with Crippen LogP contribution in [-0.4, -0.2) is 36.3 Å². The maximum Gasteiger partial charge on any atom is 0.343 e. The standard InChI is InChI=1S/C28H33ClN2O5/c1-3-22-24(27(33)35-16-18-10-6-4-7-11-18)25(31-28(34)30-22)20-15-21(29)23(14-17(20)2)36-26(32)19-12-8-5-9-13-19/h5,8-9,12-15,17-18,20,24-25H,3-4,6-7,10-11,16H2,1-2H3,(H,31,34). The fourth-order valence-electron chi connectivity index (χ4n) is 5.29. The van der Waals surface area contributed by atoms with Gasteiger partial charge in [-0.2, -0.15) is 0 Å². The Morgan fingerprint density at radius 1 is 1.11 bits per heavy atom. The Kier molecular flexibility index (Phi) is 8.62. The lowest BCUT2D eigenvalue weighted by atomic mass is 9.75. The van der Waals surface area contributed by atoms with Crippen molar-refractivity contribution in [2.45, 2.75) is 58.4 Å². The van der Waals surface area contributed by atoms with Crippen LogP contribution in [0.2, 0.25) is 0 Å². The van der Waals surface area contributed by atoms with E-state index in [9.17, 15) is 14.4 Å². The molecule has 1 aromatic rings. The maximum absolute atomic E-state index is 13.3. The minimum Gasteiger partial charge on any atom is -0.465 e. The first-order valence-corrected chi connectivity index (χ1v) is 13.2. The molecule has 1 aliphatic heterocycles. The number of esters is 2. The average molecular weight is 513 g/mol. The summed E-state index contributed by atoms with van der Waals surface area (Å²) in [7, 11) is 0. The van der Waals surface area contributed by atoms with Crippen LogP contribution in [0.4, 0.5) is 4.79 Å². The Balaban J connectivity index is 1.51. The molecule has 1 heterocycles. The Labute approximate surface area is 217 Å². The van der Waals surface area contributed by atoms with Gasteiger partial charge in [0, 0.05) is 11.6 Å². The number of allylic oxidation sites excluding steroid dienone is 2. The third kappa shape index (κ3) is 6.06. The zero-order chi connectivity index (χ0) is 25.7. The summed E-state index contributed by atoms with van der Waals surface area (Å²) in [6, 6.07) is 7.62. The van der Waals surface area contributed by atoms with E-state index in [1.165, 1.54) is 19.3 Å². The SMILES string of the molecule is CCC1=NC(=O)NC(C2C=C(Cl)C(OC(=O)c3ccccc3)=CC2C)C1C(=O)OCC1CCCCC1. The normalized spacial score (nSPS) is 26.8. The molecule has 1 aromatic carbocycles. The summed E-state index contributed by atoms with van der Waals surface area (Å²) in [5.74, 6) is -1.42. The van der Waals surface area contributed by atoms with E-state index in [1.807, 2.05) is 19.9 Å². The summed E-state index contributed by atoms with van der Waals surface area (Å²) in [4.78, 5) is 42.4. The van der Waals surface area contributed by atoms with Gasteiger partial charge >= 0.3 is 18.0 Å². The quantitative estimate of drug-likeness (QED) is 0.466. The Morgan fingerprint density at radius 2 is 1.83 bits per heavy atom. The van der Waals surface area contributed by atoms with Gasteiger partial charge < -0.3 is 14.8 Å². The van der Waals surface area contributed by atoms with Crippen molar-refractivity contribution in [3.8, 4) is 0 Å². The summed E-state index contributed by atoms with van der Waals surface area (Å²) in [6.07, 6.45) is 9.68. The number of carbonyl (C=O) groups is 3. The third-order valence-electron chi connectivity index (χ3n) is 7.28. The van der Waals surface area contributed by atoms with E-state index in [0.29, 0.717) is 30.2 Å². The minimum absolute atomic E-state index is 0.179. The van der Waals surface area contributed by atoms with Crippen molar-refractivity contribution in [3.63, 3.8) is 0 Å². The van der Waals surface area contributed by atoms with E-state index in [1.54, 1.807) is 36.4 Å². The first kappa shape index (κ1) is 26.1. The Hall–Kier alpha value is -2.93. The van der Waals surface area contributed by atoms with Crippen LogP contribution in [0.25, 0.3) is 0 Å². The average Bonchev–Trinajstić information content (AvgIpc) is 2.89. The fourth-order valence-corrected chi connectivity index (χ4v) is 5.53. The van der Waals surface area contributed by atoms with Crippen molar-refractivity contribution in [3.05, 3.63) is 58.8 Å². The molecule has 0 spiro atoms. The molecular weight excluding hydrogens is 480 g/mol. The van der Waals surface area contributed by atoms with E-state index in [0.717, 1.165) is 12.8 Å². The molecule has 4 rings (SSSR count). The molecule has 192 valence electrons. The van der Waals surface area contributed by atoms with Crippen molar-refractivity contribution >= 4 is 35.3 Å². The number of aliphatic imine (C=N–C) groups is 1. The number of nitrogens with one attached hydrogen (secondary N) is 1. The number of carbonyl (C=O) groups excluding carboxylic acids is 3. The van der Waals surface area contributed by atoms with Gasteiger partial charge in [-0.1, -0.05) is 69.0 Å². The zero-order valence-electron chi connectivity index (χ0n) is 20.7. The highest BCUT2D eigenvalue weighted by Crippen LogP contribution is 2.37. The van der Waals surface area contributed by atoms with Crippen LogP contribution in [0.1, 0.15) is 62.7 Å². The minimum atomic E-state index is -0.703. The van der Waals surface area contributed by atoms with Crippen molar-refractivity contribution in [2.24, 2.45) is 28.7 Å². The van der Waals surface area contributed by atoms with Gasteiger partial charge in [-0.3, -0.25) is 4.79 Å². The summed E-state index contributed by atoms with van der Waals surface area (Å²) >= 11 is 6.55. The lowest BCUT2D eigenvalue weighted by Gasteiger charge is -2.38. The molecule has 3 aliphatic rings. The molecule has 4 atom stereocenters. The molecule has 8 heteroatoms. The van der Waals surface area contributed by atoms with E-state index >= 15 is 0 Å². The van der Waals surface area contributed by atoms with Crippen LogP contribution in [-0.2, 0) is 14.3 Å². The van der Waals surface area contributed by atoms with Crippen LogP contribution < -0.4 is 5.32 Å². The van der Waals surface area contributed by atoms with Crippen molar-refractivity contribution < 1.29 is 23.9 Å². The number of ether oxygens (including phenoxy) is 2. The molecule has 7 nitrogen and oxygen atoms in total. The smallest absolute Gasteiger partial charge is 0.343 e. The second-order valence-corrected chi connectivity index (χ2v) is 10.2. The summed E-state index contributed by atoms with van der Waals surface area (Å²) < 4.78 is 11.3. The lowest BCUT2D eigenvalue weighted by Crippen LogP contribution is -2.55. The summed E-state index contributed by atoms with van der Waals surface area (Å²) in [5, 5.41) is 3.14. The van der Waals surface area contributed by atoms with Crippen molar-refractivity contribution in [1.29, 1.82) is 0 Å². The summed E-state index contributed by atoms with van der Waals surface area (Å²) in [6.45, 7) is 4.21. The molecule has 1 saturated carbocycles. The van der Waals surface area contributed by atoms with E-state index < -0.39 is 24.0 Å². The zero-order valence-corrected chi connectivity index (χ0v) is 21.5. The molecule has 2 aliphatic carbocycles. The number of benzene rings is 1. The van der Waals surface area contributed by atoms with E-state index in [-0.39, 0.29) is 28.6 Å². The van der Waals surface area contributed by atoms with Gasteiger partial charge in [0.05, 0.1) is 23.2 Å². The number of hydrogen-bond acceptors (Lipinski definition) is 5. The van der Waals surface area contributed by atoms with Gasteiger partial charge in [-0.15, -0.1) is 0 Å². The Bertz CT molecular complexity index is 1070. The molecule has 1 N–H and O–H groups in total. The van der Waals surface area contributed by atoms with Gasteiger partial charge in [0.1, 0.15) is 11.7 Å². The predicted molar refractivity (Wildman–Crippen MR) is 138 cm³/mol. The van der Waals surface area contributed by atoms with Gasteiger partial charge in [0.2, 0.25) is 0 Å². The van der Waals surface area contributed by atoms with Crippen LogP contribution in [0.15, 0.2) is 58.3 Å². The Morgan fingerprint density at radius 3 is 2.53 bits per heavy atom. The predicted octanol–water partition coefficient (Wildman–Crippen LogP) is 5.80. The van der Waals surface area contributed by atoms with E-state index in [2.05, 4.69) is 10.3 Å². The second-order valence-electron chi connectivity index (χ2n) is 9.78. The van der Waals surface area contributed by atoms with Gasteiger partial charge in [-0.25, -0.2) is 14.6 Å². The molecule has 0 aromatic heterocycles. The molecule has 0 bridgehead atoms. The van der Waals surface area contributed by atoms with Crippen LogP contribution in [0, 0.1) is 23.7 Å². The second kappa shape index (κ2) is 11.9. The molecular formula is C28H33ClN2O5. The number of amides is 2. The van der Waals surface area contributed by atoms with Crippen LogP contribution in [0.5, 0.6) is 0 Å². The highest BCUT2D eigenvalue weighted by molar-refractivity contribution is 6.32. The van der Waals surface area contributed by atoms with Crippen molar-refractivity contribution in [1.82, 2.24) is 5.32 Å². The molecule has 4 unspecified atom stereocenters. The largest absolute Gasteiger partial charge is 0.465 e. The summed E-state index contributed by atoms with van der Waals surface area (Å²) in [5.41, 5.74) is 0.932. The third-order valence-corrected chi connectivity index (χ3v) is 7.59. The van der Waals surface area contributed by atoms with Gasteiger partial charge in [0.15, 0.2) is 0 Å². The number of halogens is 1. The molecule has 0 radical (unpaired) electrons. The highest BCUT2D eigenvalue weighted by Gasteiger charge is 2.44. The monoisotopic (exact) mass is 512 g/mol. The van der Waals surface area contributed by atoms with Crippen LogP contribution >= 0.6 is 11.6 Å². The number of urea groups is 1. The number of nitrogens with zero attached hydrogens (tertiary/aromatic N) is 1. The number of hydrogen-bond donors (Lipinski definition) is 1. The first-order valence-electron chi connectivity index (χ1n) is 12.8. The lowest BCUT2D eigenvalue weighted by molar-refractivity contribution is -0.149. The molecule has 2 amide bonds. The molecule has 1 fully saturated rings. The highest BCUT2D eigenvalue weighted by atomic mass is 35.5. The van der Waals surface area contributed by atoms with Crippen LogP contribution in [0.3, 0.4) is 0 Å². The topological polar surface area (TPSA) is 94.1 Å². The van der Waals surface area contributed by atoms with Crippen molar-refractivity contribution in [2.75, 3.05) is 6.61 Å². The molecule has 36 heavy (non-hydrogen) atoms. The maximum atomic E-state index is 13.3.